The molecule has 2 aliphatic rings. The number of halogens is 2. The fourth-order valence-electron chi connectivity index (χ4n) is 5.93. The molecule has 0 radical (unpaired) electrons. The van der Waals surface area contributed by atoms with Crippen molar-refractivity contribution < 1.29 is 13.6 Å². The molecule has 2 saturated heterocycles. The molecule has 0 aliphatic carbocycles. The lowest BCUT2D eigenvalue weighted by atomic mass is 9.93. The molecule has 0 spiro atoms. The van der Waals surface area contributed by atoms with Gasteiger partial charge in [0.05, 0.1) is 5.52 Å². The van der Waals surface area contributed by atoms with Crippen molar-refractivity contribution in [3.05, 3.63) is 82.7 Å². The third-order valence-electron chi connectivity index (χ3n) is 7.94. The number of nitrogens with zero attached hydrogens (tertiary/aromatic N) is 6. The Morgan fingerprint density at radius 1 is 0.925 bits per heavy atom. The first-order valence-electron chi connectivity index (χ1n) is 13.5. The Balaban J connectivity index is 1.14. The van der Waals surface area contributed by atoms with Gasteiger partial charge in [0.1, 0.15) is 0 Å². The standard InChI is InChI=1S/C28H30F2N8O2/c29-22-5-1-4-21(24(22)30)18-7-8-19(17-37(16-18)26-32-12-3-13-33-26)34-27(39)36-14-9-20(10-15-36)38-23-6-2-11-31-25(23)35-28(38)40/h1-6,11-13,18-20H,7-10,14-17H2,(H,34,39)(H,31,35,40). The number of H-pyrrole nitrogens is 1. The van der Waals surface area contributed by atoms with Crippen LogP contribution in [0.5, 0.6) is 0 Å². The van der Waals surface area contributed by atoms with Gasteiger partial charge < -0.3 is 15.1 Å². The molecule has 6 rings (SSSR count). The minimum Gasteiger partial charge on any atom is -0.338 e. The maximum absolute atomic E-state index is 14.7. The maximum Gasteiger partial charge on any atom is 0.327 e. The topological polar surface area (TPSA) is 112 Å². The van der Waals surface area contributed by atoms with E-state index in [1.807, 2.05) is 11.0 Å². The van der Waals surface area contributed by atoms with Crippen molar-refractivity contribution in [2.24, 2.45) is 0 Å². The first-order valence-corrected chi connectivity index (χ1v) is 13.5. The van der Waals surface area contributed by atoms with Crippen LogP contribution in [0.1, 0.15) is 43.2 Å². The number of aromatic nitrogens is 5. The zero-order valence-corrected chi connectivity index (χ0v) is 21.8. The van der Waals surface area contributed by atoms with E-state index in [2.05, 4.69) is 25.3 Å². The number of hydrogen-bond donors (Lipinski definition) is 2. The molecule has 10 nitrogen and oxygen atoms in total. The molecule has 2 fully saturated rings. The number of rotatable bonds is 4. The zero-order chi connectivity index (χ0) is 27.6. The zero-order valence-electron chi connectivity index (χ0n) is 21.8. The quantitative estimate of drug-likeness (QED) is 0.403. The molecule has 1 aromatic carbocycles. The monoisotopic (exact) mass is 548 g/mol. The number of carbonyl (C=O) groups is 1. The van der Waals surface area contributed by atoms with Gasteiger partial charge in [-0.25, -0.2) is 33.3 Å². The predicted octanol–water partition coefficient (Wildman–Crippen LogP) is 3.59. The lowest BCUT2D eigenvalue weighted by Gasteiger charge is -2.34. The average Bonchev–Trinajstić information content (AvgIpc) is 3.17. The van der Waals surface area contributed by atoms with Gasteiger partial charge in [-0.2, -0.15) is 0 Å². The van der Waals surface area contributed by atoms with Gasteiger partial charge in [0, 0.05) is 62.8 Å². The number of likely N-dealkylation sites (tertiary alicyclic amines) is 1. The molecule has 2 N–H and O–H groups in total. The molecular weight excluding hydrogens is 518 g/mol. The Labute approximate surface area is 229 Å². The van der Waals surface area contributed by atoms with E-state index in [-0.39, 0.29) is 29.7 Å². The van der Waals surface area contributed by atoms with Crippen LogP contribution in [0.15, 0.2) is 59.8 Å². The van der Waals surface area contributed by atoms with E-state index in [0.29, 0.717) is 69.0 Å². The van der Waals surface area contributed by atoms with E-state index in [9.17, 15) is 18.4 Å². The van der Waals surface area contributed by atoms with Gasteiger partial charge in [-0.1, -0.05) is 12.1 Å². The summed E-state index contributed by atoms with van der Waals surface area (Å²) in [5, 5.41) is 3.15. The van der Waals surface area contributed by atoms with Crippen LogP contribution in [-0.2, 0) is 0 Å². The number of urea groups is 1. The summed E-state index contributed by atoms with van der Waals surface area (Å²) >= 11 is 0. The van der Waals surface area contributed by atoms with Crippen LogP contribution in [0.4, 0.5) is 19.5 Å². The number of pyridine rings is 1. The molecule has 0 bridgehead atoms. The molecule has 2 unspecified atom stereocenters. The van der Waals surface area contributed by atoms with Crippen molar-refractivity contribution in [2.45, 2.75) is 43.7 Å². The van der Waals surface area contributed by atoms with Crippen LogP contribution in [0, 0.1) is 11.6 Å². The minimum atomic E-state index is -0.872. The summed E-state index contributed by atoms with van der Waals surface area (Å²) < 4.78 is 30.5. The molecular formula is C28H30F2N8O2. The Hall–Kier alpha value is -4.35. The van der Waals surface area contributed by atoms with Crippen LogP contribution in [0.3, 0.4) is 0 Å². The predicted molar refractivity (Wildman–Crippen MR) is 145 cm³/mol. The average molecular weight is 549 g/mol. The second-order valence-corrected chi connectivity index (χ2v) is 10.4. The normalized spacial score (nSPS) is 20.4. The lowest BCUT2D eigenvalue weighted by molar-refractivity contribution is 0.168. The van der Waals surface area contributed by atoms with Gasteiger partial charge in [0.15, 0.2) is 17.3 Å². The van der Waals surface area contributed by atoms with Gasteiger partial charge in [0.2, 0.25) is 5.95 Å². The summed E-state index contributed by atoms with van der Waals surface area (Å²) in [7, 11) is 0. The van der Waals surface area contributed by atoms with Crippen LogP contribution < -0.4 is 15.9 Å². The lowest BCUT2D eigenvalue weighted by Crippen LogP contribution is -2.51. The molecule has 40 heavy (non-hydrogen) atoms. The fraction of sp³-hybridized carbons (Fsp3) is 0.393. The number of hydrogen-bond acceptors (Lipinski definition) is 6. The van der Waals surface area contributed by atoms with E-state index >= 15 is 0 Å². The van der Waals surface area contributed by atoms with Crippen molar-refractivity contribution in [3.63, 3.8) is 0 Å². The smallest absolute Gasteiger partial charge is 0.327 e. The van der Waals surface area contributed by atoms with E-state index in [1.54, 1.807) is 46.3 Å². The third-order valence-corrected chi connectivity index (χ3v) is 7.94. The van der Waals surface area contributed by atoms with E-state index < -0.39 is 11.6 Å². The number of aromatic amines is 1. The molecule has 2 atom stereocenters. The summed E-state index contributed by atoms with van der Waals surface area (Å²) in [6.07, 6.45) is 7.36. The van der Waals surface area contributed by atoms with Crippen LogP contribution in [0.2, 0.25) is 0 Å². The Bertz CT molecular complexity index is 1550. The second-order valence-electron chi connectivity index (χ2n) is 10.4. The van der Waals surface area contributed by atoms with Crippen molar-refractivity contribution in [1.29, 1.82) is 0 Å². The number of imidazole rings is 1. The van der Waals surface area contributed by atoms with Crippen molar-refractivity contribution >= 4 is 23.1 Å². The van der Waals surface area contributed by atoms with Gasteiger partial charge in [-0.15, -0.1) is 0 Å². The summed E-state index contributed by atoms with van der Waals surface area (Å²) in [6.45, 7) is 1.85. The van der Waals surface area contributed by atoms with E-state index in [4.69, 9.17) is 0 Å². The summed E-state index contributed by atoms with van der Waals surface area (Å²) in [6, 6.07) is 9.20. The fourth-order valence-corrected chi connectivity index (χ4v) is 5.93. The Kier molecular flexibility index (Phi) is 7.14. The first-order chi connectivity index (χ1) is 19.5. The van der Waals surface area contributed by atoms with Gasteiger partial charge in [-0.05, 0) is 55.5 Å². The number of carbonyl (C=O) groups excluding carboxylic acids is 1. The van der Waals surface area contributed by atoms with E-state index in [0.717, 1.165) is 11.6 Å². The number of fused-ring (bicyclic) bond motifs is 1. The second kappa shape index (κ2) is 11.0. The maximum atomic E-state index is 14.7. The van der Waals surface area contributed by atoms with Crippen molar-refractivity contribution in [2.75, 3.05) is 31.1 Å². The van der Waals surface area contributed by atoms with Crippen LogP contribution in [-0.4, -0.2) is 67.7 Å². The molecule has 2 amide bonds. The third kappa shape index (κ3) is 5.13. The summed E-state index contributed by atoms with van der Waals surface area (Å²) in [4.78, 5) is 45.4. The van der Waals surface area contributed by atoms with Crippen LogP contribution in [0.25, 0.3) is 11.2 Å². The van der Waals surface area contributed by atoms with Crippen molar-refractivity contribution in [1.82, 2.24) is 34.7 Å². The van der Waals surface area contributed by atoms with E-state index in [1.165, 1.54) is 6.07 Å². The number of benzene rings is 1. The number of nitrogens with one attached hydrogen (secondary N) is 2. The molecule has 208 valence electrons. The highest BCUT2D eigenvalue weighted by Gasteiger charge is 2.32. The molecule has 0 saturated carbocycles. The highest BCUT2D eigenvalue weighted by atomic mass is 19.2. The summed E-state index contributed by atoms with van der Waals surface area (Å²) in [5.74, 6) is -1.52. The Morgan fingerprint density at radius 3 is 2.50 bits per heavy atom. The number of piperidine rings is 1. The van der Waals surface area contributed by atoms with Gasteiger partial charge in [0.25, 0.3) is 0 Å². The largest absolute Gasteiger partial charge is 0.338 e. The summed E-state index contributed by atoms with van der Waals surface area (Å²) in [5.41, 5.74) is 1.45. The minimum absolute atomic E-state index is 0.0278. The Morgan fingerprint density at radius 2 is 1.70 bits per heavy atom. The van der Waals surface area contributed by atoms with Gasteiger partial charge in [-0.3, -0.25) is 9.55 Å². The highest BCUT2D eigenvalue weighted by Crippen LogP contribution is 2.31. The molecule has 5 heterocycles. The molecule has 2 aliphatic heterocycles. The SMILES string of the molecule is O=C(NC1CCC(c2cccc(F)c2F)CN(c2ncccn2)C1)N1CCC(n2c(=O)[nH]c3ncccc32)CC1. The number of amides is 2. The molecule has 3 aromatic heterocycles. The number of anilines is 1. The van der Waals surface area contributed by atoms with Crippen molar-refractivity contribution in [3.8, 4) is 0 Å². The van der Waals surface area contributed by atoms with Crippen LogP contribution >= 0.6 is 0 Å². The molecule has 4 aromatic rings. The molecule has 12 heteroatoms. The van der Waals surface area contributed by atoms with Gasteiger partial charge >= 0.3 is 11.7 Å². The first kappa shape index (κ1) is 25.9. The highest BCUT2D eigenvalue weighted by molar-refractivity contribution is 5.75.